The highest BCUT2D eigenvalue weighted by atomic mass is 16.4. The molecule has 0 aliphatic rings. The smallest absolute Gasteiger partial charge is 0.309 e. The van der Waals surface area contributed by atoms with E-state index in [1.165, 1.54) is 0 Å². The van der Waals surface area contributed by atoms with Crippen LogP contribution in [0.2, 0.25) is 0 Å². The van der Waals surface area contributed by atoms with E-state index < -0.39 is 5.97 Å². The molecule has 1 rings (SSSR count). The summed E-state index contributed by atoms with van der Waals surface area (Å²) in [6.07, 6.45) is -0.0127. The molecule has 0 amide bonds. The van der Waals surface area contributed by atoms with Gasteiger partial charge in [-0.15, -0.1) is 0 Å². The Morgan fingerprint density at radius 2 is 2.21 bits per heavy atom. The van der Waals surface area contributed by atoms with Crippen LogP contribution in [0.25, 0.3) is 0 Å². The van der Waals surface area contributed by atoms with Gasteiger partial charge in [-0.05, 0) is 0 Å². The van der Waals surface area contributed by atoms with E-state index in [0.717, 1.165) is 11.4 Å². The predicted molar refractivity (Wildman–Crippen MR) is 55.5 cm³/mol. The van der Waals surface area contributed by atoms with Gasteiger partial charge in [0.05, 0.1) is 17.8 Å². The Morgan fingerprint density at radius 3 is 2.64 bits per heavy atom. The minimum absolute atomic E-state index is 0.0127. The van der Waals surface area contributed by atoms with Gasteiger partial charge in [0, 0.05) is 27.2 Å². The van der Waals surface area contributed by atoms with Crippen molar-refractivity contribution < 1.29 is 9.90 Å². The zero-order valence-electron chi connectivity index (χ0n) is 8.61. The number of hydrogen-bond acceptors (Lipinski definition) is 3. The molecule has 0 aliphatic carbocycles. The van der Waals surface area contributed by atoms with Gasteiger partial charge in [-0.3, -0.25) is 4.79 Å². The molecule has 5 nitrogen and oxygen atoms in total. The molecule has 0 saturated carbocycles. The Hall–Kier alpha value is -1.65. The van der Waals surface area contributed by atoms with Gasteiger partial charge in [-0.2, -0.15) is 0 Å². The Kier molecular flexibility index (Phi) is 2.69. The van der Waals surface area contributed by atoms with Crippen LogP contribution in [0.15, 0.2) is 6.07 Å². The normalized spacial score (nSPS) is 10.2. The highest BCUT2D eigenvalue weighted by molar-refractivity contribution is 5.74. The average Bonchev–Trinajstić information content (AvgIpc) is 2.32. The second-order valence-electron chi connectivity index (χ2n) is 3.43. The highest BCUT2D eigenvalue weighted by Gasteiger charge is 2.14. The second kappa shape index (κ2) is 3.61. The van der Waals surface area contributed by atoms with E-state index in [2.05, 4.69) is 0 Å². The van der Waals surface area contributed by atoms with Crippen molar-refractivity contribution in [2.24, 2.45) is 7.05 Å². The molecule has 0 saturated heterocycles. The maximum absolute atomic E-state index is 10.6. The first-order valence-corrected chi connectivity index (χ1v) is 4.26. The molecule has 5 heteroatoms. The quantitative estimate of drug-likeness (QED) is 0.731. The fraction of sp³-hybridized carbons (Fsp3) is 0.444. The third-order valence-electron chi connectivity index (χ3n) is 2.17. The lowest BCUT2D eigenvalue weighted by Crippen LogP contribution is -2.14. The Labute approximate surface area is 82.7 Å². The molecule has 0 aliphatic heterocycles. The SMILES string of the molecule is CN(C)c1cc(N)n(C)c1CC(=O)O. The minimum Gasteiger partial charge on any atom is -0.481 e. The fourth-order valence-corrected chi connectivity index (χ4v) is 1.39. The van der Waals surface area contributed by atoms with E-state index in [-0.39, 0.29) is 6.42 Å². The minimum atomic E-state index is -0.852. The molecule has 3 N–H and O–H groups in total. The van der Waals surface area contributed by atoms with Crippen LogP contribution >= 0.6 is 0 Å². The van der Waals surface area contributed by atoms with Crippen molar-refractivity contribution in [1.29, 1.82) is 0 Å². The molecule has 0 atom stereocenters. The molecular formula is C9H15N3O2. The van der Waals surface area contributed by atoms with Crippen LogP contribution in [0, 0.1) is 0 Å². The maximum Gasteiger partial charge on any atom is 0.309 e. The number of nitrogens with zero attached hydrogens (tertiary/aromatic N) is 2. The number of hydrogen-bond donors (Lipinski definition) is 2. The van der Waals surface area contributed by atoms with Gasteiger partial charge < -0.3 is 20.3 Å². The van der Waals surface area contributed by atoms with Crippen molar-refractivity contribution in [3.8, 4) is 0 Å². The third-order valence-corrected chi connectivity index (χ3v) is 2.17. The summed E-state index contributed by atoms with van der Waals surface area (Å²) >= 11 is 0. The molecule has 0 spiro atoms. The largest absolute Gasteiger partial charge is 0.481 e. The zero-order chi connectivity index (χ0) is 10.9. The number of carboxylic acids is 1. The summed E-state index contributed by atoms with van der Waals surface area (Å²) in [7, 11) is 5.49. The van der Waals surface area contributed by atoms with E-state index in [1.54, 1.807) is 17.7 Å². The van der Waals surface area contributed by atoms with Gasteiger partial charge in [0.2, 0.25) is 0 Å². The van der Waals surface area contributed by atoms with Crippen molar-refractivity contribution in [2.75, 3.05) is 24.7 Å². The monoisotopic (exact) mass is 197 g/mol. The molecule has 0 bridgehead atoms. The maximum atomic E-state index is 10.6. The van der Waals surface area contributed by atoms with Gasteiger partial charge in [0.15, 0.2) is 0 Å². The van der Waals surface area contributed by atoms with Crippen molar-refractivity contribution in [3.63, 3.8) is 0 Å². The van der Waals surface area contributed by atoms with E-state index in [4.69, 9.17) is 10.8 Å². The topological polar surface area (TPSA) is 71.5 Å². The number of rotatable bonds is 3. The predicted octanol–water partition coefficient (Wildman–Crippen LogP) is 0.300. The van der Waals surface area contributed by atoms with Crippen LogP contribution in [0.3, 0.4) is 0 Å². The van der Waals surface area contributed by atoms with Gasteiger partial charge in [-0.1, -0.05) is 0 Å². The van der Waals surface area contributed by atoms with Crippen LogP contribution in [0.5, 0.6) is 0 Å². The summed E-state index contributed by atoms with van der Waals surface area (Å²) in [5, 5.41) is 8.73. The molecule has 78 valence electrons. The summed E-state index contributed by atoms with van der Waals surface area (Å²) in [4.78, 5) is 12.5. The van der Waals surface area contributed by atoms with Crippen LogP contribution in [0.1, 0.15) is 5.69 Å². The number of nitrogens with two attached hydrogens (primary N) is 1. The van der Waals surface area contributed by atoms with E-state index >= 15 is 0 Å². The molecule has 1 heterocycles. The summed E-state index contributed by atoms with van der Waals surface area (Å²) in [5.74, 6) is -0.278. The van der Waals surface area contributed by atoms with Crippen molar-refractivity contribution in [2.45, 2.75) is 6.42 Å². The van der Waals surface area contributed by atoms with Gasteiger partial charge in [0.25, 0.3) is 0 Å². The van der Waals surface area contributed by atoms with Crippen LogP contribution < -0.4 is 10.6 Å². The summed E-state index contributed by atoms with van der Waals surface area (Å²) in [6.45, 7) is 0. The lowest BCUT2D eigenvalue weighted by Gasteiger charge is -2.13. The number of carboxylic acid groups (broad SMARTS) is 1. The lowest BCUT2D eigenvalue weighted by atomic mass is 10.2. The molecular weight excluding hydrogens is 182 g/mol. The van der Waals surface area contributed by atoms with Crippen LogP contribution in [-0.2, 0) is 18.3 Å². The number of aliphatic carboxylic acids is 1. The summed E-state index contributed by atoms with van der Waals surface area (Å²) < 4.78 is 1.70. The Balaban J connectivity index is 3.16. The Morgan fingerprint density at radius 1 is 1.64 bits per heavy atom. The lowest BCUT2D eigenvalue weighted by molar-refractivity contribution is -0.136. The van der Waals surface area contributed by atoms with Crippen molar-refractivity contribution in [1.82, 2.24) is 4.57 Å². The molecule has 1 aromatic rings. The first kappa shape index (κ1) is 10.4. The molecule has 0 radical (unpaired) electrons. The van der Waals surface area contributed by atoms with E-state index in [0.29, 0.717) is 5.82 Å². The fourth-order valence-electron chi connectivity index (χ4n) is 1.39. The summed E-state index contributed by atoms with van der Waals surface area (Å²) in [5.41, 5.74) is 7.27. The molecule has 0 aromatic carbocycles. The average molecular weight is 197 g/mol. The number of anilines is 2. The molecule has 1 aromatic heterocycles. The molecule has 0 unspecified atom stereocenters. The van der Waals surface area contributed by atoms with E-state index in [9.17, 15) is 4.79 Å². The van der Waals surface area contributed by atoms with Crippen molar-refractivity contribution >= 4 is 17.5 Å². The Bertz CT molecular complexity index is 355. The van der Waals surface area contributed by atoms with Crippen molar-refractivity contribution in [3.05, 3.63) is 11.8 Å². The second-order valence-corrected chi connectivity index (χ2v) is 3.43. The van der Waals surface area contributed by atoms with Crippen LogP contribution in [-0.4, -0.2) is 29.7 Å². The zero-order valence-corrected chi connectivity index (χ0v) is 8.61. The molecule has 0 fully saturated rings. The summed E-state index contributed by atoms with van der Waals surface area (Å²) in [6, 6.07) is 1.78. The van der Waals surface area contributed by atoms with Gasteiger partial charge >= 0.3 is 5.97 Å². The van der Waals surface area contributed by atoms with Gasteiger partial charge in [-0.25, -0.2) is 0 Å². The first-order valence-electron chi connectivity index (χ1n) is 4.26. The molecule has 14 heavy (non-hydrogen) atoms. The third kappa shape index (κ3) is 1.81. The van der Waals surface area contributed by atoms with E-state index in [1.807, 2.05) is 19.0 Å². The van der Waals surface area contributed by atoms with Crippen LogP contribution in [0.4, 0.5) is 11.5 Å². The van der Waals surface area contributed by atoms with Gasteiger partial charge in [0.1, 0.15) is 5.82 Å². The highest BCUT2D eigenvalue weighted by Crippen LogP contribution is 2.24. The first-order chi connectivity index (χ1) is 6.43. The number of aromatic nitrogens is 1. The number of nitrogen functional groups attached to an aromatic ring is 1. The standard InChI is InChI=1S/C9H15N3O2/c1-11(2)6-4-8(10)12(3)7(6)5-9(13)14/h4H,5,10H2,1-3H3,(H,13,14). The number of carbonyl (C=O) groups is 1.